The number of carbonyl (C=O) groups excluding carboxylic acids is 1. The van der Waals surface area contributed by atoms with Crippen molar-refractivity contribution in [3.8, 4) is 0 Å². The fourth-order valence-electron chi connectivity index (χ4n) is 3.33. The van der Waals surface area contributed by atoms with E-state index in [-0.39, 0.29) is 11.5 Å². The van der Waals surface area contributed by atoms with Gasteiger partial charge in [0.25, 0.3) is 11.5 Å². The van der Waals surface area contributed by atoms with Gasteiger partial charge < -0.3 is 9.47 Å². The van der Waals surface area contributed by atoms with E-state index in [1.807, 2.05) is 53.6 Å². The number of fused-ring (bicyclic) bond motifs is 1. The smallest absolute Gasteiger partial charge is 0.254 e. The number of hydrogen-bond acceptors (Lipinski definition) is 4. The number of carbonyl (C=O) groups is 1. The zero-order valence-electron chi connectivity index (χ0n) is 15.7. The number of benzene rings is 1. The lowest BCUT2D eigenvalue weighted by Crippen LogP contribution is -2.37. The van der Waals surface area contributed by atoms with E-state index in [9.17, 15) is 9.59 Å². The first-order chi connectivity index (χ1) is 13.6. The number of hydrogen-bond donors (Lipinski definition) is 0. The summed E-state index contributed by atoms with van der Waals surface area (Å²) in [5.41, 5.74) is 3.95. The molecule has 3 heterocycles. The first-order valence-corrected chi connectivity index (χ1v) is 10.2. The number of aryl methyl sites for hydroxylation is 1. The summed E-state index contributed by atoms with van der Waals surface area (Å²) in [4.78, 5) is 30.8. The Balaban J connectivity index is 1.42. The van der Waals surface area contributed by atoms with Gasteiger partial charge in [-0.25, -0.2) is 4.98 Å². The van der Waals surface area contributed by atoms with E-state index in [2.05, 4.69) is 4.98 Å². The molecule has 5 nitrogen and oxygen atoms in total. The van der Waals surface area contributed by atoms with Gasteiger partial charge in [-0.1, -0.05) is 18.2 Å². The predicted molar refractivity (Wildman–Crippen MR) is 110 cm³/mol. The fourth-order valence-corrected chi connectivity index (χ4v) is 4.15. The molecule has 1 aliphatic rings. The van der Waals surface area contributed by atoms with E-state index in [1.165, 1.54) is 0 Å². The first-order valence-electron chi connectivity index (χ1n) is 9.20. The summed E-state index contributed by atoms with van der Waals surface area (Å²) >= 11 is 1.68. The van der Waals surface area contributed by atoms with Gasteiger partial charge in [-0.2, -0.15) is 0 Å². The molecule has 0 saturated carbocycles. The third-order valence-electron chi connectivity index (χ3n) is 4.93. The van der Waals surface area contributed by atoms with Gasteiger partial charge in [0.15, 0.2) is 0 Å². The molecule has 0 radical (unpaired) electrons. The zero-order chi connectivity index (χ0) is 19.5. The van der Waals surface area contributed by atoms with E-state index >= 15 is 0 Å². The molecule has 0 unspecified atom stereocenters. The van der Waals surface area contributed by atoms with E-state index in [1.54, 1.807) is 35.6 Å². The average Bonchev–Trinajstić information content (AvgIpc) is 2.73. The number of thioether (sulfide) groups is 1. The standard InChI is InChI=1S/C22H21N3O2S/c1-24-13-19-14-25(11-9-18(19)12-21(24)26)22(27)17-7-5-16(6-8-17)15-28-20-4-2-3-10-23-20/h2-8,10,12-13H,9,11,14-15H2,1H3. The van der Waals surface area contributed by atoms with Crippen LogP contribution < -0.4 is 5.56 Å². The fraction of sp³-hybridized carbons (Fsp3) is 0.227. The minimum atomic E-state index is -0.00214. The normalized spacial score (nSPS) is 13.2. The van der Waals surface area contributed by atoms with Gasteiger partial charge in [-0.05, 0) is 47.4 Å². The van der Waals surface area contributed by atoms with Gasteiger partial charge in [0.2, 0.25) is 0 Å². The molecule has 1 aliphatic heterocycles. The van der Waals surface area contributed by atoms with Crippen LogP contribution in [0.3, 0.4) is 0 Å². The van der Waals surface area contributed by atoms with Crippen molar-refractivity contribution in [2.45, 2.75) is 23.7 Å². The Kier molecular flexibility index (Phi) is 5.30. The largest absolute Gasteiger partial charge is 0.334 e. The van der Waals surface area contributed by atoms with Crippen molar-refractivity contribution >= 4 is 17.7 Å². The molecule has 2 aromatic heterocycles. The molecule has 3 aromatic rings. The molecule has 1 aromatic carbocycles. The summed E-state index contributed by atoms with van der Waals surface area (Å²) in [6, 6.07) is 15.4. The zero-order valence-corrected chi connectivity index (χ0v) is 16.5. The molecule has 0 N–H and O–H groups in total. The second-order valence-corrected chi connectivity index (χ2v) is 7.90. The lowest BCUT2D eigenvalue weighted by Gasteiger charge is -2.29. The van der Waals surface area contributed by atoms with Gasteiger partial charge in [0, 0.05) is 49.9 Å². The van der Waals surface area contributed by atoms with E-state index in [0.717, 1.165) is 33.9 Å². The van der Waals surface area contributed by atoms with Crippen molar-refractivity contribution in [2.24, 2.45) is 7.05 Å². The van der Waals surface area contributed by atoms with E-state index in [0.29, 0.717) is 18.7 Å². The van der Waals surface area contributed by atoms with Crippen molar-refractivity contribution in [1.82, 2.24) is 14.5 Å². The summed E-state index contributed by atoms with van der Waals surface area (Å²) in [5, 5.41) is 0.990. The Bertz CT molecular complexity index is 1050. The highest BCUT2D eigenvalue weighted by Crippen LogP contribution is 2.22. The van der Waals surface area contributed by atoms with Gasteiger partial charge in [-0.15, -0.1) is 11.8 Å². The van der Waals surface area contributed by atoms with Gasteiger partial charge in [0.05, 0.1) is 5.03 Å². The molecule has 0 saturated heterocycles. The van der Waals surface area contributed by atoms with Crippen LogP contribution >= 0.6 is 11.8 Å². The quantitative estimate of drug-likeness (QED) is 0.641. The molecule has 0 atom stereocenters. The van der Waals surface area contributed by atoms with E-state index < -0.39 is 0 Å². The summed E-state index contributed by atoms with van der Waals surface area (Å²) in [7, 11) is 1.74. The Labute approximate surface area is 168 Å². The number of nitrogens with zero attached hydrogens (tertiary/aromatic N) is 3. The Morgan fingerprint density at radius 3 is 2.71 bits per heavy atom. The maximum absolute atomic E-state index is 12.9. The monoisotopic (exact) mass is 391 g/mol. The van der Waals surface area contributed by atoms with Crippen LogP contribution in [0.25, 0.3) is 0 Å². The second-order valence-electron chi connectivity index (χ2n) is 6.90. The molecule has 6 heteroatoms. The summed E-state index contributed by atoms with van der Waals surface area (Å²) in [6.07, 6.45) is 4.35. The van der Waals surface area contributed by atoms with Crippen LogP contribution in [0.5, 0.6) is 0 Å². The Morgan fingerprint density at radius 2 is 1.96 bits per heavy atom. The van der Waals surface area contributed by atoms with Crippen LogP contribution in [0.1, 0.15) is 27.0 Å². The molecule has 4 rings (SSSR count). The highest BCUT2D eigenvalue weighted by Gasteiger charge is 2.22. The SMILES string of the molecule is Cn1cc2c(cc1=O)CCN(C(=O)c1ccc(CSc3ccccn3)cc1)C2. The van der Waals surface area contributed by atoms with E-state index in [4.69, 9.17) is 0 Å². The van der Waals surface area contributed by atoms with Crippen molar-refractivity contribution in [2.75, 3.05) is 6.54 Å². The predicted octanol–water partition coefficient (Wildman–Crippen LogP) is 3.27. The Hall–Kier alpha value is -2.86. The number of aromatic nitrogens is 2. The molecule has 0 bridgehead atoms. The van der Waals surface area contributed by atoms with Gasteiger partial charge >= 0.3 is 0 Å². The first kappa shape index (κ1) is 18.5. The molecule has 0 spiro atoms. The molecule has 0 aliphatic carbocycles. The number of amides is 1. The minimum absolute atomic E-state index is 0.00214. The van der Waals surface area contributed by atoms with Gasteiger partial charge in [-0.3, -0.25) is 9.59 Å². The van der Waals surface area contributed by atoms with Crippen molar-refractivity contribution in [3.05, 3.63) is 93.5 Å². The molecule has 1 amide bonds. The maximum atomic E-state index is 12.9. The lowest BCUT2D eigenvalue weighted by atomic mass is 10.0. The number of pyridine rings is 2. The highest BCUT2D eigenvalue weighted by atomic mass is 32.2. The molecule has 142 valence electrons. The Morgan fingerprint density at radius 1 is 1.14 bits per heavy atom. The van der Waals surface area contributed by atoms with Crippen LogP contribution in [-0.4, -0.2) is 26.9 Å². The highest BCUT2D eigenvalue weighted by molar-refractivity contribution is 7.98. The molecular formula is C22H21N3O2S. The molecule has 0 fully saturated rings. The van der Waals surface area contributed by atoms with Crippen LogP contribution in [0.4, 0.5) is 0 Å². The van der Waals surface area contributed by atoms with Crippen LogP contribution in [0, 0.1) is 0 Å². The van der Waals surface area contributed by atoms with Crippen molar-refractivity contribution < 1.29 is 4.79 Å². The maximum Gasteiger partial charge on any atom is 0.254 e. The average molecular weight is 391 g/mol. The number of rotatable bonds is 4. The van der Waals surface area contributed by atoms with Crippen LogP contribution in [0.2, 0.25) is 0 Å². The minimum Gasteiger partial charge on any atom is -0.334 e. The third-order valence-corrected chi connectivity index (χ3v) is 5.95. The van der Waals surface area contributed by atoms with Crippen LogP contribution in [-0.2, 0) is 25.8 Å². The summed E-state index contributed by atoms with van der Waals surface area (Å²) in [6.45, 7) is 1.18. The summed E-state index contributed by atoms with van der Waals surface area (Å²) < 4.78 is 1.57. The topological polar surface area (TPSA) is 55.2 Å². The van der Waals surface area contributed by atoms with Gasteiger partial charge in [0.1, 0.15) is 0 Å². The van der Waals surface area contributed by atoms with Crippen LogP contribution in [0.15, 0.2) is 70.7 Å². The molecule has 28 heavy (non-hydrogen) atoms. The summed E-state index contributed by atoms with van der Waals surface area (Å²) in [5.74, 6) is 0.847. The van der Waals surface area contributed by atoms with Crippen molar-refractivity contribution in [1.29, 1.82) is 0 Å². The lowest BCUT2D eigenvalue weighted by molar-refractivity contribution is 0.0734. The van der Waals surface area contributed by atoms with Crippen molar-refractivity contribution in [3.63, 3.8) is 0 Å². The second kappa shape index (κ2) is 8.02. The molecular weight excluding hydrogens is 370 g/mol. The third kappa shape index (κ3) is 4.02.